The van der Waals surface area contributed by atoms with Crippen LogP contribution < -0.4 is 0 Å². The van der Waals surface area contributed by atoms with Gasteiger partial charge in [0.1, 0.15) is 6.73 Å². The van der Waals surface area contributed by atoms with Gasteiger partial charge in [-0.3, -0.25) is 0 Å². The number of rotatable bonds is 6. The molecule has 0 amide bonds. The first kappa shape index (κ1) is 15.7. The molecule has 0 aromatic rings. The normalized spacial score (nSPS) is 16.2. The number of ether oxygens (including phenoxy) is 1. The highest BCUT2D eigenvalue weighted by Crippen LogP contribution is 2.17. The number of hydrogen-bond acceptors (Lipinski definition) is 4. The van der Waals surface area contributed by atoms with E-state index in [0.29, 0.717) is 12.2 Å². The molecule has 0 aliphatic carbocycles. The van der Waals surface area contributed by atoms with E-state index in [9.17, 15) is 4.79 Å². The van der Waals surface area contributed by atoms with E-state index in [1.807, 2.05) is 6.92 Å². The highest BCUT2D eigenvalue weighted by atomic mass is 28.3. The summed E-state index contributed by atoms with van der Waals surface area (Å²) in [5.74, 6) is -1.07. The van der Waals surface area contributed by atoms with E-state index >= 15 is 0 Å². The topological polar surface area (TPSA) is 62.1 Å². The van der Waals surface area contributed by atoms with Gasteiger partial charge in [0.2, 0.25) is 0 Å². The molecule has 0 saturated heterocycles. The van der Waals surface area contributed by atoms with Crippen LogP contribution in [-0.2, 0) is 9.53 Å². The average molecular weight is 282 g/mol. The van der Waals surface area contributed by atoms with E-state index in [4.69, 9.17) is 9.84 Å². The molecule has 1 aliphatic rings. The summed E-state index contributed by atoms with van der Waals surface area (Å²) in [4.78, 5) is 11.0. The van der Waals surface area contributed by atoms with Gasteiger partial charge in [0.25, 0.3) is 0 Å². The maximum atomic E-state index is 11.0. The first-order valence-electron chi connectivity index (χ1n) is 6.25. The first-order chi connectivity index (χ1) is 8.70. The Morgan fingerprint density at radius 1 is 1.53 bits per heavy atom. The van der Waals surface area contributed by atoms with Gasteiger partial charge in [-0.1, -0.05) is 26.2 Å². The van der Waals surface area contributed by atoms with Crippen molar-refractivity contribution in [3.05, 3.63) is 23.9 Å². The number of carbonyl (C=O) groups is 1. The van der Waals surface area contributed by atoms with Crippen LogP contribution in [0.25, 0.3) is 0 Å². The van der Waals surface area contributed by atoms with Crippen molar-refractivity contribution in [3.8, 4) is 0 Å². The summed E-state index contributed by atoms with van der Waals surface area (Å²) in [6, 6.07) is 1.08. The zero-order valence-corrected chi connectivity index (χ0v) is 13.1. The van der Waals surface area contributed by atoms with Crippen molar-refractivity contribution in [1.29, 1.82) is 0 Å². The van der Waals surface area contributed by atoms with Gasteiger partial charge in [-0.05, 0) is 18.5 Å². The van der Waals surface area contributed by atoms with Crippen molar-refractivity contribution >= 4 is 19.8 Å². The highest BCUT2D eigenvalue weighted by Gasteiger charge is 2.21. The Morgan fingerprint density at radius 2 is 2.16 bits per heavy atom. The van der Waals surface area contributed by atoms with Gasteiger partial charge in [0.05, 0.1) is 0 Å². The first-order valence-corrected chi connectivity index (χ1v) is 9.96. The van der Waals surface area contributed by atoms with Crippen molar-refractivity contribution in [2.45, 2.75) is 32.6 Å². The maximum Gasteiger partial charge on any atom is 0.356 e. The molecule has 0 saturated carbocycles. The second-order valence-corrected chi connectivity index (χ2v) is 11.5. The number of hydrogen-bond donors (Lipinski definition) is 1. The van der Waals surface area contributed by atoms with Crippen molar-refractivity contribution in [3.63, 3.8) is 0 Å². The van der Waals surface area contributed by atoms with Gasteiger partial charge in [-0.15, -0.1) is 0 Å². The van der Waals surface area contributed by atoms with Crippen LogP contribution in [0.2, 0.25) is 25.7 Å². The predicted octanol–water partition coefficient (Wildman–Crippen LogP) is 2.51. The number of allylic oxidation sites excluding steroid dienone is 1. The molecule has 1 aliphatic heterocycles. The van der Waals surface area contributed by atoms with Gasteiger partial charge in [-0.25, -0.2) is 9.80 Å². The predicted molar refractivity (Wildman–Crippen MR) is 78.8 cm³/mol. The molecule has 1 N–H and O–H groups in total. The van der Waals surface area contributed by atoms with Crippen molar-refractivity contribution in [1.82, 2.24) is 5.01 Å². The van der Waals surface area contributed by atoms with Gasteiger partial charge in [-0.2, -0.15) is 5.10 Å². The second kappa shape index (κ2) is 6.16. The van der Waals surface area contributed by atoms with Crippen LogP contribution in [0.15, 0.2) is 29.0 Å². The van der Waals surface area contributed by atoms with Crippen LogP contribution in [0, 0.1) is 0 Å². The lowest BCUT2D eigenvalue weighted by atomic mass is 10.0. The summed E-state index contributed by atoms with van der Waals surface area (Å²) >= 11 is 0. The summed E-state index contributed by atoms with van der Waals surface area (Å²) < 4.78 is 5.55. The number of nitrogens with zero attached hydrogens (tertiary/aromatic N) is 2. The summed E-state index contributed by atoms with van der Waals surface area (Å²) in [6.45, 7) is 13.3. The van der Waals surface area contributed by atoms with Gasteiger partial charge in [0.15, 0.2) is 5.71 Å². The van der Waals surface area contributed by atoms with Crippen LogP contribution in [0.5, 0.6) is 0 Å². The summed E-state index contributed by atoms with van der Waals surface area (Å²) in [6.07, 6.45) is 1.75. The van der Waals surface area contributed by atoms with E-state index in [0.717, 1.165) is 11.6 Å². The SMILES string of the molecule is C=C1C(C)=CN(COCC[Si](C)(C)C)N=C1C(=O)O. The Morgan fingerprint density at radius 3 is 2.68 bits per heavy atom. The number of hydrazone groups is 1. The lowest BCUT2D eigenvalue weighted by molar-refractivity contribution is -0.129. The van der Waals surface area contributed by atoms with Gasteiger partial charge in [0, 0.05) is 26.5 Å². The largest absolute Gasteiger partial charge is 0.476 e. The maximum absolute atomic E-state index is 11.0. The molecule has 0 aromatic heterocycles. The third kappa shape index (κ3) is 5.00. The van der Waals surface area contributed by atoms with E-state index < -0.39 is 14.0 Å². The zero-order chi connectivity index (χ0) is 14.6. The molecule has 0 unspecified atom stereocenters. The van der Waals surface area contributed by atoms with Crippen LogP contribution in [-0.4, -0.2) is 43.2 Å². The lowest BCUT2D eigenvalue weighted by Crippen LogP contribution is -2.28. The molecule has 19 heavy (non-hydrogen) atoms. The molecule has 5 nitrogen and oxygen atoms in total. The Bertz CT molecular complexity index is 436. The van der Waals surface area contributed by atoms with Crippen LogP contribution in [0.3, 0.4) is 0 Å². The van der Waals surface area contributed by atoms with E-state index in [1.165, 1.54) is 5.01 Å². The molecule has 0 spiro atoms. The smallest absolute Gasteiger partial charge is 0.356 e. The molecule has 0 bridgehead atoms. The summed E-state index contributed by atoms with van der Waals surface area (Å²) in [7, 11) is -1.10. The van der Waals surface area contributed by atoms with Crippen LogP contribution >= 0.6 is 0 Å². The average Bonchev–Trinajstić information content (AvgIpc) is 2.27. The molecule has 6 heteroatoms. The molecule has 106 valence electrons. The number of carboxylic acids is 1. The monoisotopic (exact) mass is 282 g/mol. The molecule has 0 fully saturated rings. The summed E-state index contributed by atoms with van der Waals surface area (Å²) in [5.41, 5.74) is 1.22. The number of carboxylic acid groups (broad SMARTS) is 1. The van der Waals surface area contributed by atoms with Gasteiger partial charge >= 0.3 is 5.97 Å². The Labute approximate surface area is 115 Å². The second-order valence-electron chi connectivity index (χ2n) is 5.83. The Kier molecular flexibility index (Phi) is 5.08. The fraction of sp³-hybridized carbons (Fsp3) is 0.538. The lowest BCUT2D eigenvalue weighted by Gasteiger charge is -2.23. The van der Waals surface area contributed by atoms with E-state index in [-0.39, 0.29) is 12.4 Å². The van der Waals surface area contributed by atoms with Gasteiger partial charge < -0.3 is 9.84 Å². The minimum atomic E-state index is -1.10. The molecule has 0 atom stereocenters. The third-order valence-corrected chi connectivity index (χ3v) is 4.46. The quantitative estimate of drug-likeness (QED) is 0.600. The summed E-state index contributed by atoms with van der Waals surface area (Å²) in [5, 5.41) is 14.6. The minimum absolute atomic E-state index is 0.0196. The highest BCUT2D eigenvalue weighted by molar-refractivity contribution is 6.76. The van der Waals surface area contributed by atoms with Crippen molar-refractivity contribution < 1.29 is 14.6 Å². The standard InChI is InChI=1S/C13H22N2O3Si/c1-10-8-15(9-18-6-7-19(3,4)5)14-12(11(10)2)13(16)17/h8H,2,6-7,9H2,1,3-5H3,(H,16,17). The fourth-order valence-electron chi connectivity index (χ4n) is 1.48. The molecular weight excluding hydrogens is 260 g/mol. The molecule has 1 heterocycles. The molecule has 0 radical (unpaired) electrons. The van der Waals surface area contributed by atoms with E-state index in [1.54, 1.807) is 6.20 Å². The van der Waals surface area contributed by atoms with Crippen LogP contribution in [0.4, 0.5) is 0 Å². The fourth-order valence-corrected chi connectivity index (χ4v) is 2.24. The van der Waals surface area contributed by atoms with E-state index in [2.05, 4.69) is 31.3 Å². The molecular formula is C13H22N2O3Si. The molecule has 0 aromatic carbocycles. The Balaban J connectivity index is 2.54. The molecule has 1 rings (SSSR count). The minimum Gasteiger partial charge on any atom is -0.476 e. The zero-order valence-electron chi connectivity index (χ0n) is 12.1. The van der Waals surface area contributed by atoms with Crippen LogP contribution in [0.1, 0.15) is 6.92 Å². The Hall–Kier alpha value is -1.40. The van der Waals surface area contributed by atoms with Crippen molar-refractivity contribution in [2.75, 3.05) is 13.3 Å². The third-order valence-electron chi connectivity index (χ3n) is 2.76. The van der Waals surface area contributed by atoms with Crippen molar-refractivity contribution in [2.24, 2.45) is 5.10 Å². The number of aliphatic carboxylic acids is 1.